The van der Waals surface area contributed by atoms with Crippen LogP contribution in [0.1, 0.15) is 47.1 Å². The molecule has 33 heavy (non-hydrogen) atoms. The number of hydrogen-bond acceptors (Lipinski definition) is 8. The molecule has 0 aliphatic carbocycles. The second-order valence-electron chi connectivity index (χ2n) is 8.89. The average molecular weight is 459 g/mol. The number of nitrogens with one attached hydrogen (secondary N) is 3. The van der Waals surface area contributed by atoms with Gasteiger partial charge in [0, 0.05) is 30.0 Å². The molecular formula is C23H31FN6O3. The maximum absolute atomic E-state index is 14.8. The summed E-state index contributed by atoms with van der Waals surface area (Å²) in [5, 5.41) is 18.3. The molecular weight excluding hydrogens is 427 g/mol. The molecule has 0 aliphatic rings. The lowest BCUT2D eigenvalue weighted by Crippen LogP contribution is -2.49. The molecule has 0 saturated heterocycles. The first-order valence-electron chi connectivity index (χ1n) is 10.6. The highest BCUT2D eigenvalue weighted by Gasteiger charge is 2.26. The lowest BCUT2D eigenvalue weighted by atomic mass is 9.97. The van der Waals surface area contributed by atoms with Crippen LogP contribution in [0.3, 0.4) is 0 Å². The SMILES string of the molecule is COc1cc(Nc2nc(N[C@H](C(C)C)[C@H](C)NC(=O)OC(C)(C)C)c(F)cc2C#N)ccn1. The number of hydrogen-bond donors (Lipinski definition) is 3. The summed E-state index contributed by atoms with van der Waals surface area (Å²) in [4.78, 5) is 20.5. The molecule has 0 radical (unpaired) electrons. The minimum absolute atomic E-state index is 0.00708. The van der Waals surface area contributed by atoms with E-state index in [4.69, 9.17) is 9.47 Å². The Morgan fingerprint density at radius 3 is 2.48 bits per heavy atom. The van der Waals surface area contributed by atoms with E-state index in [1.807, 2.05) is 19.9 Å². The maximum atomic E-state index is 14.8. The van der Waals surface area contributed by atoms with E-state index in [9.17, 15) is 14.4 Å². The van der Waals surface area contributed by atoms with Crippen LogP contribution in [0.15, 0.2) is 24.4 Å². The summed E-state index contributed by atoms with van der Waals surface area (Å²) in [5.74, 6) is -0.174. The Morgan fingerprint density at radius 2 is 1.91 bits per heavy atom. The van der Waals surface area contributed by atoms with Crippen molar-refractivity contribution in [3.8, 4) is 11.9 Å². The smallest absolute Gasteiger partial charge is 0.407 e. The zero-order valence-electron chi connectivity index (χ0n) is 20.0. The molecule has 0 fully saturated rings. The van der Waals surface area contributed by atoms with Crippen LogP contribution in [0.5, 0.6) is 5.88 Å². The predicted octanol–water partition coefficient (Wildman–Crippen LogP) is 4.59. The summed E-state index contributed by atoms with van der Waals surface area (Å²) in [7, 11) is 1.49. The molecule has 0 bridgehead atoms. The van der Waals surface area contributed by atoms with E-state index in [0.29, 0.717) is 11.6 Å². The maximum Gasteiger partial charge on any atom is 0.407 e. The zero-order chi connectivity index (χ0) is 24.8. The summed E-state index contributed by atoms with van der Waals surface area (Å²) in [6.07, 6.45) is 0.971. The molecule has 0 aromatic carbocycles. The molecule has 0 saturated carbocycles. The molecule has 9 nitrogen and oxygen atoms in total. The summed E-state index contributed by atoms with van der Waals surface area (Å²) >= 11 is 0. The Hall–Kier alpha value is -3.61. The van der Waals surface area contributed by atoms with E-state index < -0.39 is 23.6 Å². The molecule has 0 unspecified atom stereocenters. The Kier molecular flexibility index (Phi) is 8.40. The lowest BCUT2D eigenvalue weighted by molar-refractivity contribution is 0.0500. The van der Waals surface area contributed by atoms with Crippen molar-refractivity contribution in [1.29, 1.82) is 5.26 Å². The van der Waals surface area contributed by atoms with Crippen LogP contribution in [-0.2, 0) is 4.74 Å². The van der Waals surface area contributed by atoms with E-state index >= 15 is 0 Å². The highest BCUT2D eigenvalue weighted by Crippen LogP contribution is 2.26. The average Bonchev–Trinajstić information content (AvgIpc) is 2.71. The Morgan fingerprint density at radius 1 is 1.21 bits per heavy atom. The first-order chi connectivity index (χ1) is 15.4. The molecule has 2 aromatic heterocycles. The first kappa shape index (κ1) is 25.6. The topological polar surface area (TPSA) is 121 Å². The number of pyridine rings is 2. The van der Waals surface area contributed by atoms with E-state index in [1.165, 1.54) is 13.3 Å². The fraction of sp³-hybridized carbons (Fsp3) is 0.478. The van der Waals surface area contributed by atoms with Gasteiger partial charge in [0.2, 0.25) is 5.88 Å². The fourth-order valence-corrected chi connectivity index (χ4v) is 3.12. The van der Waals surface area contributed by atoms with E-state index in [2.05, 4.69) is 25.9 Å². The van der Waals surface area contributed by atoms with Gasteiger partial charge in [0.15, 0.2) is 17.5 Å². The van der Waals surface area contributed by atoms with Crippen LogP contribution in [0, 0.1) is 23.1 Å². The normalized spacial score (nSPS) is 13.0. The number of anilines is 3. The number of methoxy groups -OCH3 is 1. The first-order valence-corrected chi connectivity index (χ1v) is 10.6. The van der Waals surface area contributed by atoms with Crippen molar-refractivity contribution in [2.45, 2.75) is 59.2 Å². The monoisotopic (exact) mass is 458 g/mol. The minimum atomic E-state index is -0.681. The Labute approximate surface area is 193 Å². The molecule has 178 valence electrons. The van der Waals surface area contributed by atoms with Gasteiger partial charge < -0.3 is 25.4 Å². The standard InChI is InChI=1S/C23H31FN6O3/c1-13(2)19(14(3)27-22(31)33-23(4,5)6)29-21-17(24)10-15(12-25)20(30-21)28-16-8-9-26-18(11-16)32-7/h8-11,13-14,19H,1-7H3,(H,27,31)(H2,26,28,29,30)/t14-,19+/m0/s1. The Bertz CT molecular complexity index is 1020. The largest absolute Gasteiger partial charge is 0.481 e. The molecule has 10 heteroatoms. The van der Waals surface area contributed by atoms with Gasteiger partial charge in [0.1, 0.15) is 11.7 Å². The molecule has 0 aliphatic heterocycles. The minimum Gasteiger partial charge on any atom is -0.481 e. The van der Waals surface area contributed by atoms with Gasteiger partial charge in [-0.1, -0.05) is 13.8 Å². The van der Waals surface area contributed by atoms with Crippen molar-refractivity contribution in [2.24, 2.45) is 5.92 Å². The molecule has 3 N–H and O–H groups in total. The number of carbonyl (C=O) groups excluding carboxylic acids is 1. The van der Waals surface area contributed by atoms with Gasteiger partial charge in [-0.05, 0) is 45.7 Å². The van der Waals surface area contributed by atoms with Crippen LogP contribution in [-0.4, -0.2) is 40.9 Å². The second-order valence-corrected chi connectivity index (χ2v) is 8.89. The van der Waals surface area contributed by atoms with Crippen molar-refractivity contribution < 1.29 is 18.7 Å². The number of amides is 1. The van der Waals surface area contributed by atoms with Crippen LogP contribution in [0.2, 0.25) is 0 Å². The third-order valence-corrected chi connectivity index (χ3v) is 4.61. The van der Waals surface area contributed by atoms with Gasteiger partial charge in [-0.25, -0.2) is 19.2 Å². The van der Waals surface area contributed by atoms with Gasteiger partial charge in [-0.15, -0.1) is 0 Å². The molecule has 2 aromatic rings. The van der Waals surface area contributed by atoms with Gasteiger partial charge in [-0.3, -0.25) is 0 Å². The highest BCUT2D eigenvalue weighted by molar-refractivity contribution is 5.68. The summed E-state index contributed by atoms with van der Waals surface area (Å²) < 4.78 is 25.2. The molecule has 2 atom stereocenters. The number of alkyl carbamates (subject to hydrolysis) is 1. The van der Waals surface area contributed by atoms with Crippen molar-refractivity contribution in [1.82, 2.24) is 15.3 Å². The fourth-order valence-electron chi connectivity index (χ4n) is 3.12. The number of halogens is 1. The lowest BCUT2D eigenvalue weighted by Gasteiger charge is -2.31. The van der Waals surface area contributed by atoms with Gasteiger partial charge in [0.05, 0.1) is 12.7 Å². The number of aromatic nitrogens is 2. The van der Waals surface area contributed by atoms with Crippen molar-refractivity contribution in [3.05, 3.63) is 35.8 Å². The van der Waals surface area contributed by atoms with E-state index in [0.717, 1.165) is 6.07 Å². The number of ether oxygens (including phenoxy) is 2. The van der Waals surface area contributed by atoms with Crippen molar-refractivity contribution >= 4 is 23.4 Å². The molecule has 2 heterocycles. The molecule has 0 spiro atoms. The molecule has 2 rings (SSSR count). The Balaban J connectivity index is 2.29. The van der Waals surface area contributed by atoms with Crippen LogP contribution in [0.4, 0.5) is 26.5 Å². The van der Waals surface area contributed by atoms with Crippen LogP contribution < -0.4 is 20.7 Å². The van der Waals surface area contributed by atoms with Gasteiger partial charge in [0.25, 0.3) is 0 Å². The number of nitrogens with zero attached hydrogens (tertiary/aromatic N) is 3. The third-order valence-electron chi connectivity index (χ3n) is 4.61. The number of rotatable bonds is 8. The van der Waals surface area contributed by atoms with Crippen molar-refractivity contribution in [2.75, 3.05) is 17.7 Å². The summed E-state index contributed by atoms with van der Waals surface area (Å²) in [5.41, 5.74) is -0.0275. The second kappa shape index (κ2) is 10.8. The van der Waals surface area contributed by atoms with Crippen LogP contribution in [0.25, 0.3) is 0 Å². The third kappa shape index (κ3) is 7.49. The quantitative estimate of drug-likeness (QED) is 0.525. The van der Waals surface area contributed by atoms with Gasteiger partial charge >= 0.3 is 6.09 Å². The zero-order valence-corrected chi connectivity index (χ0v) is 20.0. The van der Waals surface area contributed by atoms with Crippen LogP contribution >= 0.6 is 0 Å². The molecule has 1 amide bonds. The highest BCUT2D eigenvalue weighted by atomic mass is 19.1. The summed E-state index contributed by atoms with van der Waals surface area (Å²) in [6.45, 7) is 11.0. The number of carbonyl (C=O) groups is 1. The van der Waals surface area contributed by atoms with Gasteiger partial charge in [-0.2, -0.15) is 5.26 Å². The van der Waals surface area contributed by atoms with E-state index in [-0.39, 0.29) is 29.2 Å². The predicted molar refractivity (Wildman–Crippen MR) is 124 cm³/mol. The summed E-state index contributed by atoms with van der Waals surface area (Å²) in [6, 6.07) is 5.58. The number of nitriles is 1. The van der Waals surface area contributed by atoms with Crippen molar-refractivity contribution in [3.63, 3.8) is 0 Å². The van der Waals surface area contributed by atoms with E-state index in [1.54, 1.807) is 39.8 Å².